The number of sulfone groups is 1. The van der Waals surface area contributed by atoms with E-state index in [4.69, 9.17) is 9.47 Å². The molecule has 0 heterocycles. The van der Waals surface area contributed by atoms with Crippen LogP contribution in [-0.4, -0.2) is 34.0 Å². The molecule has 3 unspecified atom stereocenters. The summed E-state index contributed by atoms with van der Waals surface area (Å²) < 4.78 is 37.3. The number of hydrogen-bond donors (Lipinski definition) is 0. The predicted molar refractivity (Wildman–Crippen MR) is 102 cm³/mol. The van der Waals surface area contributed by atoms with Crippen LogP contribution in [-0.2, 0) is 14.6 Å². The highest BCUT2D eigenvalue weighted by Crippen LogP contribution is 2.64. The van der Waals surface area contributed by atoms with Gasteiger partial charge in [0.1, 0.15) is 11.2 Å². The quantitative estimate of drug-likeness (QED) is 0.729. The van der Waals surface area contributed by atoms with Gasteiger partial charge in [-0.25, -0.2) is 8.42 Å². The molecule has 1 fully saturated rings. The first-order valence-corrected chi connectivity index (χ1v) is 10.4. The van der Waals surface area contributed by atoms with Crippen LogP contribution in [0.15, 0.2) is 53.4 Å². The second kappa shape index (κ2) is 7.34. The highest BCUT2D eigenvalue weighted by atomic mass is 32.2. The van der Waals surface area contributed by atoms with Crippen molar-refractivity contribution in [1.29, 1.82) is 5.26 Å². The summed E-state index contributed by atoms with van der Waals surface area (Å²) in [4.78, 5) is 0.241. The van der Waals surface area contributed by atoms with Crippen LogP contribution in [0.25, 0.3) is 0 Å². The lowest BCUT2D eigenvalue weighted by molar-refractivity contribution is 0.117. The topological polar surface area (TPSA) is 76.4 Å². The number of nitriles is 1. The van der Waals surface area contributed by atoms with Crippen LogP contribution in [0.1, 0.15) is 24.0 Å². The largest absolute Gasteiger partial charge is 0.497 e. The molecule has 27 heavy (non-hydrogen) atoms. The fourth-order valence-electron chi connectivity index (χ4n) is 3.63. The van der Waals surface area contributed by atoms with Gasteiger partial charge in [-0.05, 0) is 43.7 Å². The van der Waals surface area contributed by atoms with Crippen molar-refractivity contribution in [2.75, 3.05) is 20.3 Å². The van der Waals surface area contributed by atoms with Gasteiger partial charge in [-0.15, -0.1) is 0 Å². The van der Waals surface area contributed by atoms with Gasteiger partial charge in [0.05, 0.1) is 29.9 Å². The predicted octanol–water partition coefficient (Wildman–Crippen LogP) is 3.49. The monoisotopic (exact) mass is 385 g/mol. The average Bonchev–Trinajstić information content (AvgIpc) is 3.37. The standard InChI is InChI=1S/C21H23NO4S/c1-4-26-14-21(13-22)19(16-7-9-17(25-3)10-8-16)20(21)27(23,24)18-11-5-15(2)6-12-18/h5-12,19-20H,4,14H2,1-3H3. The Morgan fingerprint density at radius 3 is 2.26 bits per heavy atom. The number of aryl methyl sites for hydroxylation is 1. The fourth-order valence-corrected chi connectivity index (χ4v) is 5.94. The van der Waals surface area contributed by atoms with Crippen molar-refractivity contribution in [3.63, 3.8) is 0 Å². The number of benzene rings is 2. The molecule has 0 spiro atoms. The number of ether oxygens (including phenoxy) is 2. The van der Waals surface area contributed by atoms with Gasteiger partial charge in [-0.2, -0.15) is 5.26 Å². The summed E-state index contributed by atoms with van der Waals surface area (Å²) >= 11 is 0. The number of hydrogen-bond acceptors (Lipinski definition) is 5. The highest BCUT2D eigenvalue weighted by Gasteiger charge is 2.72. The molecule has 0 radical (unpaired) electrons. The third-order valence-corrected chi connectivity index (χ3v) is 7.46. The minimum absolute atomic E-state index is 0.0897. The summed E-state index contributed by atoms with van der Waals surface area (Å²) in [6.45, 7) is 4.25. The molecule has 0 aromatic heterocycles. The molecule has 2 aromatic rings. The molecule has 0 N–H and O–H groups in total. The van der Waals surface area contributed by atoms with Gasteiger partial charge < -0.3 is 9.47 Å². The van der Waals surface area contributed by atoms with E-state index >= 15 is 0 Å². The lowest BCUT2D eigenvalue weighted by Crippen LogP contribution is -2.19. The maximum atomic E-state index is 13.3. The Labute approximate surface area is 160 Å². The van der Waals surface area contributed by atoms with Crippen LogP contribution in [0.3, 0.4) is 0 Å². The van der Waals surface area contributed by atoms with E-state index in [0.717, 1.165) is 11.1 Å². The molecule has 0 amide bonds. The SMILES string of the molecule is CCOCC1(C#N)C(c2ccc(OC)cc2)C1S(=O)(=O)c1ccc(C)cc1. The average molecular weight is 385 g/mol. The van der Waals surface area contributed by atoms with Crippen LogP contribution >= 0.6 is 0 Å². The van der Waals surface area contributed by atoms with E-state index in [1.807, 2.05) is 26.0 Å². The lowest BCUT2D eigenvalue weighted by atomic mass is 10.0. The summed E-state index contributed by atoms with van der Waals surface area (Å²) in [7, 11) is -2.10. The van der Waals surface area contributed by atoms with E-state index in [9.17, 15) is 13.7 Å². The van der Waals surface area contributed by atoms with Crippen molar-refractivity contribution in [1.82, 2.24) is 0 Å². The molecule has 6 heteroatoms. The normalized spacial score (nSPS) is 24.2. The van der Waals surface area contributed by atoms with E-state index in [1.165, 1.54) is 0 Å². The van der Waals surface area contributed by atoms with Gasteiger partial charge in [-0.1, -0.05) is 29.8 Å². The first kappa shape index (κ1) is 19.4. The van der Waals surface area contributed by atoms with Crippen LogP contribution < -0.4 is 4.74 Å². The lowest BCUT2D eigenvalue weighted by Gasteiger charge is -2.10. The Morgan fingerprint density at radius 1 is 1.11 bits per heavy atom. The Bertz CT molecular complexity index is 945. The second-order valence-electron chi connectivity index (χ2n) is 6.82. The third-order valence-electron chi connectivity index (χ3n) is 5.17. The van der Waals surface area contributed by atoms with Crippen molar-refractivity contribution >= 4 is 9.84 Å². The van der Waals surface area contributed by atoms with Crippen molar-refractivity contribution in [2.24, 2.45) is 5.41 Å². The summed E-state index contributed by atoms with van der Waals surface area (Å²) in [5.74, 6) is 0.246. The number of nitrogens with zero attached hydrogens (tertiary/aromatic N) is 1. The Hall–Kier alpha value is -2.36. The zero-order valence-corrected chi connectivity index (χ0v) is 16.5. The maximum absolute atomic E-state index is 13.3. The molecular formula is C21H23NO4S. The van der Waals surface area contributed by atoms with Gasteiger partial charge in [0, 0.05) is 12.5 Å². The first-order chi connectivity index (χ1) is 12.9. The summed E-state index contributed by atoms with van der Waals surface area (Å²) in [6.07, 6.45) is 0. The van der Waals surface area contributed by atoms with Crippen LogP contribution in [0.4, 0.5) is 0 Å². The smallest absolute Gasteiger partial charge is 0.183 e. The minimum Gasteiger partial charge on any atom is -0.497 e. The fraction of sp³-hybridized carbons (Fsp3) is 0.381. The van der Waals surface area contributed by atoms with E-state index in [-0.39, 0.29) is 11.5 Å². The zero-order chi connectivity index (χ0) is 19.7. The molecule has 142 valence electrons. The summed E-state index contributed by atoms with van der Waals surface area (Å²) in [5, 5.41) is 9.09. The van der Waals surface area contributed by atoms with Crippen molar-refractivity contribution < 1.29 is 17.9 Å². The maximum Gasteiger partial charge on any atom is 0.183 e. The van der Waals surface area contributed by atoms with Gasteiger partial charge >= 0.3 is 0 Å². The Kier molecular flexibility index (Phi) is 5.27. The van der Waals surface area contributed by atoms with Gasteiger partial charge in [0.2, 0.25) is 0 Å². The molecular weight excluding hydrogens is 362 g/mol. The first-order valence-electron chi connectivity index (χ1n) is 8.84. The molecule has 3 atom stereocenters. The Balaban J connectivity index is 2.04. The molecule has 3 rings (SSSR count). The van der Waals surface area contributed by atoms with Crippen LogP contribution in [0.5, 0.6) is 5.75 Å². The second-order valence-corrected chi connectivity index (χ2v) is 8.89. The summed E-state index contributed by atoms with van der Waals surface area (Å²) in [5.41, 5.74) is 0.698. The van der Waals surface area contributed by atoms with Gasteiger partial charge in [-0.3, -0.25) is 0 Å². The number of rotatable bonds is 7. The van der Waals surface area contributed by atoms with E-state index < -0.39 is 26.4 Å². The molecule has 2 aromatic carbocycles. The number of methoxy groups -OCH3 is 1. The van der Waals surface area contributed by atoms with Crippen molar-refractivity contribution in [3.05, 3.63) is 59.7 Å². The van der Waals surface area contributed by atoms with E-state index in [0.29, 0.717) is 12.4 Å². The summed E-state index contributed by atoms with van der Waals surface area (Å²) in [6, 6.07) is 16.2. The molecule has 5 nitrogen and oxygen atoms in total. The third kappa shape index (κ3) is 3.33. The van der Waals surface area contributed by atoms with Gasteiger partial charge in [0.25, 0.3) is 0 Å². The molecule has 0 bridgehead atoms. The van der Waals surface area contributed by atoms with Crippen molar-refractivity contribution in [3.8, 4) is 11.8 Å². The molecule has 1 aliphatic rings. The highest BCUT2D eigenvalue weighted by molar-refractivity contribution is 7.92. The molecule has 0 aliphatic heterocycles. The van der Waals surface area contributed by atoms with Crippen LogP contribution in [0, 0.1) is 23.7 Å². The van der Waals surface area contributed by atoms with E-state index in [1.54, 1.807) is 43.5 Å². The van der Waals surface area contributed by atoms with Crippen LogP contribution in [0.2, 0.25) is 0 Å². The molecule has 0 saturated heterocycles. The van der Waals surface area contributed by atoms with Gasteiger partial charge in [0.15, 0.2) is 9.84 Å². The molecule has 1 aliphatic carbocycles. The van der Waals surface area contributed by atoms with Crippen molar-refractivity contribution in [2.45, 2.75) is 29.9 Å². The minimum atomic E-state index is -3.68. The Morgan fingerprint density at radius 2 is 1.74 bits per heavy atom. The molecule has 1 saturated carbocycles. The van der Waals surface area contributed by atoms with E-state index in [2.05, 4.69) is 6.07 Å². The zero-order valence-electron chi connectivity index (χ0n) is 15.7.